The second kappa shape index (κ2) is 9.68. The van der Waals surface area contributed by atoms with Crippen LogP contribution in [-0.2, 0) is 9.59 Å². The van der Waals surface area contributed by atoms with Gasteiger partial charge in [-0.3, -0.25) is 9.59 Å². The Bertz CT molecular complexity index is 1390. The topological polar surface area (TPSA) is 75.7 Å². The van der Waals surface area contributed by atoms with Crippen LogP contribution in [0, 0.1) is 27.7 Å². The molecular weight excluding hydrogens is 532 g/mol. The molecule has 0 saturated heterocycles. The van der Waals surface area contributed by atoms with E-state index < -0.39 is 17.8 Å². The fourth-order valence-electron chi connectivity index (χ4n) is 3.85. The number of nitrogens with one attached hydrogen (secondary N) is 1. The summed E-state index contributed by atoms with van der Waals surface area (Å²) in [6.45, 7) is 7.49. The van der Waals surface area contributed by atoms with Gasteiger partial charge in [0.05, 0.1) is 11.3 Å². The maximum atomic E-state index is 13.1. The van der Waals surface area contributed by atoms with Crippen LogP contribution >= 0.6 is 27.5 Å². The monoisotopic (exact) mass is 552 g/mol. The Morgan fingerprint density at radius 1 is 0.914 bits per heavy atom. The number of amides is 2. The Morgan fingerprint density at radius 2 is 1.54 bits per heavy atom. The summed E-state index contributed by atoms with van der Waals surface area (Å²) in [7, 11) is 0. The van der Waals surface area contributed by atoms with Gasteiger partial charge in [-0.2, -0.15) is 0 Å². The molecule has 2 amide bonds. The average molecular weight is 554 g/mol. The minimum absolute atomic E-state index is 0.0194. The molecule has 0 aliphatic carbocycles. The summed E-state index contributed by atoms with van der Waals surface area (Å²) in [5, 5.41) is 2.73. The second-order valence-electron chi connectivity index (χ2n) is 8.31. The number of ether oxygens (including phenoxy) is 1. The predicted molar refractivity (Wildman–Crippen MR) is 140 cm³/mol. The number of nitrogens with zero attached hydrogens (tertiary/aromatic N) is 1. The number of carbonyl (C=O) groups is 3. The smallest absolute Gasteiger partial charge is 0.343 e. The van der Waals surface area contributed by atoms with Gasteiger partial charge in [0.15, 0.2) is 0 Å². The largest absolute Gasteiger partial charge is 0.422 e. The first-order valence-corrected chi connectivity index (χ1v) is 12.0. The normalized spacial score (nSPS) is 13.5. The number of aryl methyl sites for hydroxylation is 3. The van der Waals surface area contributed by atoms with Crippen molar-refractivity contribution in [2.24, 2.45) is 0 Å². The summed E-state index contributed by atoms with van der Waals surface area (Å²) in [6, 6.07) is 15.5. The molecule has 1 aliphatic heterocycles. The minimum Gasteiger partial charge on any atom is -0.422 e. The third kappa shape index (κ3) is 4.74. The highest BCUT2D eigenvalue weighted by Gasteiger charge is 2.39. The van der Waals surface area contributed by atoms with E-state index in [0.29, 0.717) is 22.7 Å². The highest BCUT2D eigenvalue weighted by Crippen LogP contribution is 2.33. The van der Waals surface area contributed by atoms with Gasteiger partial charge in [-0.05, 0) is 92.4 Å². The van der Waals surface area contributed by atoms with Crippen molar-refractivity contribution in [1.82, 2.24) is 0 Å². The number of rotatable bonds is 5. The van der Waals surface area contributed by atoms with Gasteiger partial charge in [-0.25, -0.2) is 9.69 Å². The van der Waals surface area contributed by atoms with E-state index >= 15 is 0 Å². The Balaban J connectivity index is 1.52. The number of benzene rings is 3. The fraction of sp³-hybridized carbons (Fsp3) is 0.148. The summed E-state index contributed by atoms with van der Waals surface area (Å²) >= 11 is 9.68. The summed E-state index contributed by atoms with van der Waals surface area (Å²) in [6.07, 6.45) is 0. The molecule has 0 radical (unpaired) electrons. The highest BCUT2D eigenvalue weighted by molar-refractivity contribution is 9.10. The van der Waals surface area contributed by atoms with Gasteiger partial charge in [0.25, 0.3) is 11.8 Å². The van der Waals surface area contributed by atoms with Crippen molar-refractivity contribution in [3.05, 3.63) is 97.6 Å². The quantitative estimate of drug-likeness (QED) is 0.227. The zero-order chi connectivity index (χ0) is 25.4. The van der Waals surface area contributed by atoms with E-state index in [9.17, 15) is 14.4 Å². The Labute approximate surface area is 216 Å². The molecule has 8 heteroatoms. The van der Waals surface area contributed by atoms with E-state index in [1.54, 1.807) is 36.4 Å². The van der Waals surface area contributed by atoms with E-state index in [-0.39, 0.29) is 10.7 Å². The second-order valence-corrected chi connectivity index (χ2v) is 9.61. The molecule has 0 atom stereocenters. The molecule has 0 unspecified atom stereocenters. The lowest BCUT2D eigenvalue weighted by molar-refractivity contribution is -0.120. The van der Waals surface area contributed by atoms with Crippen molar-refractivity contribution in [1.29, 1.82) is 0 Å². The van der Waals surface area contributed by atoms with Gasteiger partial charge < -0.3 is 10.1 Å². The Hall–Kier alpha value is -3.42. The van der Waals surface area contributed by atoms with E-state index in [1.807, 2.05) is 45.9 Å². The van der Waals surface area contributed by atoms with E-state index in [1.165, 1.54) is 0 Å². The Kier molecular flexibility index (Phi) is 6.83. The van der Waals surface area contributed by atoms with Crippen LogP contribution in [0.2, 0.25) is 0 Å². The molecule has 1 heterocycles. The molecule has 0 fully saturated rings. The van der Waals surface area contributed by atoms with Crippen LogP contribution in [0.4, 0.5) is 11.4 Å². The third-order valence-corrected chi connectivity index (χ3v) is 6.66. The van der Waals surface area contributed by atoms with E-state index in [0.717, 1.165) is 31.6 Å². The fourth-order valence-corrected chi connectivity index (χ4v) is 4.75. The number of anilines is 2. The minimum atomic E-state index is -0.590. The molecule has 0 saturated carbocycles. The maximum absolute atomic E-state index is 13.1. The molecule has 6 nitrogen and oxygen atoms in total. The van der Waals surface area contributed by atoms with Crippen molar-refractivity contribution in [2.75, 3.05) is 10.2 Å². The Morgan fingerprint density at radius 3 is 2.17 bits per heavy atom. The molecule has 3 aromatic carbocycles. The summed E-state index contributed by atoms with van der Waals surface area (Å²) in [5.41, 5.74) is 4.75. The molecular formula is C27H22BrClN2O4. The van der Waals surface area contributed by atoms with Crippen molar-refractivity contribution >= 4 is 56.7 Å². The first kappa shape index (κ1) is 24.7. The zero-order valence-electron chi connectivity index (χ0n) is 19.5. The molecule has 0 spiro atoms. The number of imide groups is 1. The van der Waals surface area contributed by atoms with Crippen molar-refractivity contribution < 1.29 is 19.1 Å². The van der Waals surface area contributed by atoms with Crippen molar-refractivity contribution in [3.63, 3.8) is 0 Å². The lowest BCUT2D eigenvalue weighted by atomic mass is 10.1. The first-order valence-electron chi connectivity index (χ1n) is 10.8. The zero-order valence-corrected chi connectivity index (χ0v) is 21.9. The molecule has 0 aromatic heterocycles. The van der Waals surface area contributed by atoms with Gasteiger partial charge in [-0.1, -0.05) is 39.7 Å². The summed E-state index contributed by atoms with van der Waals surface area (Å²) in [4.78, 5) is 39.6. The van der Waals surface area contributed by atoms with E-state index in [4.69, 9.17) is 16.3 Å². The lowest BCUT2D eigenvalue weighted by Crippen LogP contribution is -2.33. The van der Waals surface area contributed by atoms with Gasteiger partial charge in [0, 0.05) is 10.2 Å². The van der Waals surface area contributed by atoms with Crippen LogP contribution in [0.5, 0.6) is 5.75 Å². The predicted octanol–water partition coefficient (Wildman–Crippen LogP) is 6.34. The third-order valence-electron chi connectivity index (χ3n) is 5.85. The SMILES string of the molecule is Cc1cccc(N2C(=O)C(Cl)=C(Nc3ccc(C(=O)Oc4c(C)cc(Br)cc4C)cc3)C2=O)c1C. The number of esters is 1. The molecule has 1 N–H and O–H groups in total. The molecule has 178 valence electrons. The first-order chi connectivity index (χ1) is 16.6. The van der Waals surface area contributed by atoms with Crippen molar-refractivity contribution in [2.45, 2.75) is 27.7 Å². The number of hydrogen-bond donors (Lipinski definition) is 1. The standard InChI is InChI=1S/C27H22BrClN2O4/c1-14-6-5-7-21(17(14)4)31-25(32)22(29)23(26(31)33)30-20-10-8-18(9-11-20)27(34)35-24-15(2)12-19(28)13-16(24)3/h5-13,30H,1-4H3. The molecule has 3 aromatic rings. The van der Waals surface area contributed by atoms with Crippen LogP contribution in [0.25, 0.3) is 0 Å². The van der Waals surface area contributed by atoms with Crippen LogP contribution in [0.3, 0.4) is 0 Å². The highest BCUT2D eigenvalue weighted by atomic mass is 79.9. The van der Waals surface area contributed by atoms with Crippen molar-refractivity contribution in [3.8, 4) is 5.75 Å². The van der Waals surface area contributed by atoms with Crippen LogP contribution in [-0.4, -0.2) is 17.8 Å². The van der Waals surface area contributed by atoms with Crippen LogP contribution < -0.4 is 15.0 Å². The molecule has 0 bridgehead atoms. The number of halogens is 2. The van der Waals surface area contributed by atoms with Gasteiger partial charge >= 0.3 is 5.97 Å². The maximum Gasteiger partial charge on any atom is 0.343 e. The average Bonchev–Trinajstić information content (AvgIpc) is 3.01. The molecule has 4 rings (SSSR count). The van der Waals surface area contributed by atoms with Gasteiger partial charge in [0.2, 0.25) is 0 Å². The van der Waals surface area contributed by atoms with Crippen LogP contribution in [0.1, 0.15) is 32.6 Å². The van der Waals surface area contributed by atoms with Crippen LogP contribution in [0.15, 0.2) is 69.8 Å². The lowest BCUT2D eigenvalue weighted by Gasteiger charge is -2.18. The van der Waals surface area contributed by atoms with E-state index in [2.05, 4.69) is 21.2 Å². The molecule has 35 heavy (non-hydrogen) atoms. The van der Waals surface area contributed by atoms with Gasteiger partial charge in [-0.15, -0.1) is 0 Å². The summed E-state index contributed by atoms with van der Waals surface area (Å²) < 4.78 is 6.52. The molecule has 1 aliphatic rings. The number of hydrogen-bond acceptors (Lipinski definition) is 5. The summed E-state index contributed by atoms with van der Waals surface area (Å²) in [5.74, 6) is -1.12. The number of carbonyl (C=O) groups excluding carboxylic acids is 3. The van der Waals surface area contributed by atoms with Gasteiger partial charge in [0.1, 0.15) is 16.5 Å².